The summed E-state index contributed by atoms with van der Waals surface area (Å²) < 4.78 is 12.7. The van der Waals surface area contributed by atoms with Gasteiger partial charge in [-0.3, -0.25) is 4.79 Å². The number of benzene rings is 1. The number of rotatable bonds is 6. The van der Waals surface area contributed by atoms with Gasteiger partial charge in [-0.1, -0.05) is 12.1 Å². The highest BCUT2D eigenvalue weighted by atomic mass is 19.1. The van der Waals surface area contributed by atoms with Crippen LogP contribution >= 0.6 is 0 Å². The van der Waals surface area contributed by atoms with Gasteiger partial charge in [0.2, 0.25) is 0 Å². The lowest BCUT2D eigenvalue weighted by molar-refractivity contribution is -0.141. The van der Waals surface area contributed by atoms with Crippen molar-refractivity contribution in [1.29, 1.82) is 0 Å². The van der Waals surface area contributed by atoms with E-state index in [1.54, 1.807) is 19.1 Å². The van der Waals surface area contributed by atoms with Gasteiger partial charge in [0.1, 0.15) is 5.82 Å². The molecule has 0 aliphatic rings. The van der Waals surface area contributed by atoms with Crippen LogP contribution in [0, 0.1) is 11.7 Å². The topological polar surface area (TPSA) is 78.4 Å². The molecule has 3 N–H and O–H groups in total. The SMILES string of the molecule is CC(NC(=O)NCCc1ccc(F)cc1)C(C)C(=O)O. The Bertz CT molecular complexity index is 462. The first-order valence-electron chi connectivity index (χ1n) is 6.41. The molecule has 6 heteroatoms. The first-order chi connectivity index (χ1) is 9.40. The standard InChI is InChI=1S/C14H19FN2O3/c1-9(13(18)19)10(2)17-14(20)16-8-7-11-3-5-12(15)6-4-11/h3-6,9-10H,7-8H2,1-2H3,(H,18,19)(H2,16,17,20). The predicted octanol–water partition coefficient (Wildman–Crippen LogP) is 1.78. The molecule has 0 saturated carbocycles. The van der Waals surface area contributed by atoms with Gasteiger partial charge in [0.15, 0.2) is 0 Å². The lowest BCUT2D eigenvalue weighted by atomic mass is 10.0. The predicted molar refractivity (Wildman–Crippen MR) is 72.9 cm³/mol. The summed E-state index contributed by atoms with van der Waals surface area (Å²) in [6, 6.07) is 5.18. The Morgan fingerprint density at radius 2 is 1.85 bits per heavy atom. The van der Waals surface area contributed by atoms with Crippen molar-refractivity contribution in [2.24, 2.45) is 5.92 Å². The van der Waals surface area contributed by atoms with Crippen LogP contribution in [-0.2, 0) is 11.2 Å². The number of urea groups is 1. The summed E-state index contributed by atoms with van der Waals surface area (Å²) in [5.41, 5.74) is 0.915. The van der Waals surface area contributed by atoms with E-state index < -0.39 is 24.0 Å². The van der Waals surface area contributed by atoms with Crippen molar-refractivity contribution < 1.29 is 19.1 Å². The molecule has 2 atom stereocenters. The zero-order chi connectivity index (χ0) is 15.1. The molecule has 1 aromatic carbocycles. The lowest BCUT2D eigenvalue weighted by Crippen LogP contribution is -2.45. The summed E-state index contributed by atoms with van der Waals surface area (Å²) >= 11 is 0. The highest BCUT2D eigenvalue weighted by molar-refractivity contribution is 5.76. The second kappa shape index (κ2) is 7.47. The summed E-state index contributed by atoms with van der Waals surface area (Å²) in [5, 5.41) is 14.0. The minimum absolute atomic E-state index is 0.295. The van der Waals surface area contributed by atoms with Crippen molar-refractivity contribution >= 4 is 12.0 Å². The van der Waals surface area contributed by atoms with Crippen molar-refractivity contribution in [3.63, 3.8) is 0 Å². The van der Waals surface area contributed by atoms with E-state index in [1.165, 1.54) is 19.1 Å². The summed E-state index contributed by atoms with van der Waals surface area (Å²) in [4.78, 5) is 22.3. The molecule has 0 fully saturated rings. The van der Waals surface area contributed by atoms with Crippen molar-refractivity contribution in [2.75, 3.05) is 6.54 Å². The van der Waals surface area contributed by atoms with Crippen molar-refractivity contribution in [2.45, 2.75) is 26.3 Å². The molecule has 5 nitrogen and oxygen atoms in total. The van der Waals surface area contributed by atoms with Gasteiger partial charge in [0.05, 0.1) is 5.92 Å². The maximum Gasteiger partial charge on any atom is 0.315 e. The van der Waals surface area contributed by atoms with Crippen LogP contribution in [0.4, 0.5) is 9.18 Å². The highest BCUT2D eigenvalue weighted by Crippen LogP contribution is 2.03. The van der Waals surface area contributed by atoms with E-state index in [-0.39, 0.29) is 5.82 Å². The van der Waals surface area contributed by atoms with E-state index in [2.05, 4.69) is 10.6 Å². The zero-order valence-corrected chi connectivity index (χ0v) is 11.5. The van der Waals surface area contributed by atoms with Gasteiger partial charge in [-0.15, -0.1) is 0 Å². The second-order valence-corrected chi connectivity index (χ2v) is 4.69. The molecule has 1 rings (SSSR count). The van der Waals surface area contributed by atoms with E-state index in [4.69, 9.17) is 5.11 Å². The smallest absolute Gasteiger partial charge is 0.315 e. The van der Waals surface area contributed by atoms with E-state index in [0.29, 0.717) is 13.0 Å². The minimum Gasteiger partial charge on any atom is -0.481 e. The number of hydrogen-bond donors (Lipinski definition) is 3. The molecule has 0 heterocycles. The zero-order valence-electron chi connectivity index (χ0n) is 11.5. The summed E-state index contributed by atoms with van der Waals surface area (Å²) in [6.45, 7) is 3.57. The van der Waals surface area contributed by atoms with Gasteiger partial charge in [-0.05, 0) is 38.0 Å². The Morgan fingerprint density at radius 1 is 1.25 bits per heavy atom. The molecule has 110 valence electrons. The number of amides is 2. The number of aliphatic carboxylic acids is 1. The van der Waals surface area contributed by atoms with Gasteiger partial charge >= 0.3 is 12.0 Å². The normalized spacial score (nSPS) is 13.3. The van der Waals surface area contributed by atoms with Crippen molar-refractivity contribution in [3.8, 4) is 0 Å². The fraction of sp³-hybridized carbons (Fsp3) is 0.429. The van der Waals surface area contributed by atoms with E-state index in [1.807, 2.05) is 0 Å². The lowest BCUT2D eigenvalue weighted by Gasteiger charge is -2.18. The first-order valence-corrected chi connectivity index (χ1v) is 6.41. The Hall–Kier alpha value is -2.11. The first kappa shape index (κ1) is 15.9. The Labute approximate surface area is 117 Å². The average Bonchev–Trinajstić information content (AvgIpc) is 2.39. The summed E-state index contributed by atoms with van der Waals surface area (Å²) in [7, 11) is 0. The molecule has 20 heavy (non-hydrogen) atoms. The maximum atomic E-state index is 12.7. The molecular weight excluding hydrogens is 263 g/mol. The number of carbonyl (C=O) groups is 2. The van der Waals surface area contributed by atoms with Crippen LogP contribution in [0.15, 0.2) is 24.3 Å². The second-order valence-electron chi connectivity index (χ2n) is 4.69. The number of nitrogens with one attached hydrogen (secondary N) is 2. The van der Waals surface area contributed by atoms with Gasteiger partial charge in [-0.2, -0.15) is 0 Å². The third-order valence-electron chi connectivity index (χ3n) is 3.11. The monoisotopic (exact) mass is 282 g/mol. The molecule has 0 bridgehead atoms. The number of hydrogen-bond acceptors (Lipinski definition) is 2. The van der Waals surface area contributed by atoms with E-state index in [9.17, 15) is 14.0 Å². The van der Waals surface area contributed by atoms with Crippen LogP contribution in [0.3, 0.4) is 0 Å². The molecular formula is C14H19FN2O3. The molecule has 0 aliphatic carbocycles. The molecule has 0 aliphatic heterocycles. The van der Waals surface area contributed by atoms with Crippen LogP contribution in [0.5, 0.6) is 0 Å². The van der Waals surface area contributed by atoms with Crippen molar-refractivity contribution in [1.82, 2.24) is 10.6 Å². The quantitative estimate of drug-likeness (QED) is 0.744. The largest absolute Gasteiger partial charge is 0.481 e. The van der Waals surface area contributed by atoms with Crippen LogP contribution in [0.25, 0.3) is 0 Å². The fourth-order valence-electron chi connectivity index (χ4n) is 1.57. The Balaban J connectivity index is 2.29. The average molecular weight is 282 g/mol. The van der Waals surface area contributed by atoms with Gasteiger partial charge < -0.3 is 15.7 Å². The van der Waals surface area contributed by atoms with Crippen LogP contribution < -0.4 is 10.6 Å². The number of carbonyl (C=O) groups excluding carboxylic acids is 1. The Kier molecular flexibility index (Phi) is 5.96. The maximum absolute atomic E-state index is 12.7. The minimum atomic E-state index is -0.955. The number of carboxylic acids is 1. The van der Waals surface area contributed by atoms with Crippen LogP contribution in [-0.4, -0.2) is 29.7 Å². The number of halogens is 1. The third-order valence-corrected chi connectivity index (χ3v) is 3.11. The Morgan fingerprint density at radius 3 is 2.40 bits per heavy atom. The summed E-state index contributed by atoms with van der Waals surface area (Å²) in [5.74, 6) is -1.90. The van der Waals surface area contributed by atoms with Gasteiger partial charge in [0, 0.05) is 12.6 Å². The summed E-state index contributed by atoms with van der Waals surface area (Å²) in [6.07, 6.45) is 0.580. The van der Waals surface area contributed by atoms with Crippen molar-refractivity contribution in [3.05, 3.63) is 35.6 Å². The van der Waals surface area contributed by atoms with E-state index in [0.717, 1.165) is 5.56 Å². The fourth-order valence-corrected chi connectivity index (χ4v) is 1.57. The molecule has 2 unspecified atom stereocenters. The molecule has 0 spiro atoms. The third kappa shape index (κ3) is 5.26. The molecule has 0 saturated heterocycles. The van der Waals surface area contributed by atoms with Gasteiger partial charge in [0.25, 0.3) is 0 Å². The highest BCUT2D eigenvalue weighted by Gasteiger charge is 2.20. The molecule has 1 aromatic rings. The molecule has 2 amide bonds. The molecule has 0 aromatic heterocycles. The van der Waals surface area contributed by atoms with E-state index >= 15 is 0 Å². The van der Waals surface area contributed by atoms with Crippen LogP contribution in [0.2, 0.25) is 0 Å². The van der Waals surface area contributed by atoms with Crippen LogP contribution in [0.1, 0.15) is 19.4 Å². The molecule has 0 radical (unpaired) electrons. The van der Waals surface area contributed by atoms with Gasteiger partial charge in [-0.25, -0.2) is 9.18 Å². The number of carboxylic acid groups (broad SMARTS) is 1.